The summed E-state index contributed by atoms with van der Waals surface area (Å²) in [4.78, 5) is 12.6. The third-order valence-electron chi connectivity index (χ3n) is 2.37. The Hall–Kier alpha value is -1.31. The first-order valence-electron chi connectivity index (χ1n) is 4.67. The SMILES string of the molecule is O=CN(CC1CC1)c1ccccc1. The van der Waals surface area contributed by atoms with E-state index in [0.29, 0.717) is 0 Å². The minimum Gasteiger partial charge on any atom is -0.315 e. The van der Waals surface area contributed by atoms with Gasteiger partial charge in [-0.1, -0.05) is 18.2 Å². The summed E-state index contributed by atoms with van der Waals surface area (Å²) in [5.41, 5.74) is 1.00. The van der Waals surface area contributed by atoms with E-state index in [1.54, 1.807) is 4.90 Å². The maximum absolute atomic E-state index is 10.8. The van der Waals surface area contributed by atoms with Crippen LogP contribution < -0.4 is 4.90 Å². The van der Waals surface area contributed by atoms with Crippen molar-refractivity contribution >= 4 is 12.1 Å². The van der Waals surface area contributed by atoms with Gasteiger partial charge in [0, 0.05) is 12.2 Å². The summed E-state index contributed by atoms with van der Waals surface area (Å²) in [6, 6.07) is 9.81. The fourth-order valence-electron chi connectivity index (χ4n) is 1.41. The van der Waals surface area contributed by atoms with Crippen LogP contribution in [0.25, 0.3) is 0 Å². The second-order valence-electron chi connectivity index (χ2n) is 3.54. The van der Waals surface area contributed by atoms with Gasteiger partial charge in [0.2, 0.25) is 6.41 Å². The van der Waals surface area contributed by atoms with E-state index in [9.17, 15) is 4.79 Å². The highest BCUT2D eigenvalue weighted by atomic mass is 16.1. The van der Waals surface area contributed by atoms with Gasteiger partial charge in [0.05, 0.1) is 0 Å². The highest BCUT2D eigenvalue weighted by Crippen LogP contribution is 2.30. The molecule has 0 unspecified atom stereocenters. The summed E-state index contributed by atoms with van der Waals surface area (Å²) in [7, 11) is 0. The number of nitrogens with zero attached hydrogens (tertiary/aromatic N) is 1. The molecule has 0 saturated heterocycles. The molecular formula is C11H13NO. The summed E-state index contributed by atoms with van der Waals surface area (Å²) < 4.78 is 0. The van der Waals surface area contributed by atoms with E-state index in [1.165, 1.54) is 12.8 Å². The number of hydrogen-bond donors (Lipinski definition) is 0. The number of rotatable bonds is 4. The number of hydrogen-bond acceptors (Lipinski definition) is 1. The standard InChI is InChI=1S/C11H13NO/c13-9-12(8-10-6-7-10)11-4-2-1-3-5-11/h1-5,9-10H,6-8H2. The molecule has 0 atom stereocenters. The molecule has 1 aliphatic carbocycles. The van der Waals surface area contributed by atoms with Crippen LogP contribution in [0.15, 0.2) is 30.3 Å². The predicted molar refractivity (Wildman–Crippen MR) is 52.6 cm³/mol. The molecule has 2 heteroatoms. The lowest BCUT2D eigenvalue weighted by atomic mass is 10.3. The molecule has 0 heterocycles. The Morgan fingerprint density at radius 2 is 2.00 bits per heavy atom. The summed E-state index contributed by atoms with van der Waals surface area (Å²) in [6.07, 6.45) is 3.47. The molecule has 0 radical (unpaired) electrons. The van der Waals surface area contributed by atoms with E-state index in [0.717, 1.165) is 24.6 Å². The fraction of sp³-hybridized carbons (Fsp3) is 0.364. The van der Waals surface area contributed by atoms with Gasteiger partial charge in [0.15, 0.2) is 0 Å². The number of carbonyl (C=O) groups excluding carboxylic acids is 1. The second-order valence-corrected chi connectivity index (χ2v) is 3.54. The third-order valence-corrected chi connectivity index (χ3v) is 2.37. The van der Waals surface area contributed by atoms with E-state index in [-0.39, 0.29) is 0 Å². The molecule has 0 aromatic heterocycles. The van der Waals surface area contributed by atoms with Gasteiger partial charge in [-0.15, -0.1) is 0 Å². The number of carbonyl (C=O) groups is 1. The van der Waals surface area contributed by atoms with Crippen molar-refractivity contribution in [1.29, 1.82) is 0 Å². The Kier molecular flexibility index (Phi) is 2.30. The molecule has 1 fully saturated rings. The van der Waals surface area contributed by atoms with E-state index >= 15 is 0 Å². The summed E-state index contributed by atoms with van der Waals surface area (Å²) in [5.74, 6) is 0.741. The van der Waals surface area contributed by atoms with E-state index in [4.69, 9.17) is 0 Å². The zero-order chi connectivity index (χ0) is 9.10. The lowest BCUT2D eigenvalue weighted by molar-refractivity contribution is -0.107. The topological polar surface area (TPSA) is 20.3 Å². The Morgan fingerprint density at radius 3 is 2.54 bits per heavy atom. The zero-order valence-electron chi connectivity index (χ0n) is 7.52. The molecule has 2 rings (SSSR count). The van der Waals surface area contributed by atoms with Crippen LogP contribution in [0, 0.1) is 5.92 Å². The van der Waals surface area contributed by atoms with Gasteiger partial charge in [0.1, 0.15) is 0 Å². The molecule has 0 spiro atoms. The van der Waals surface area contributed by atoms with Crippen LogP contribution in [0.2, 0.25) is 0 Å². The van der Waals surface area contributed by atoms with E-state index in [1.807, 2.05) is 30.3 Å². The smallest absolute Gasteiger partial charge is 0.214 e. The van der Waals surface area contributed by atoms with E-state index in [2.05, 4.69) is 0 Å². The molecule has 0 N–H and O–H groups in total. The molecule has 0 aliphatic heterocycles. The first-order chi connectivity index (χ1) is 6.40. The van der Waals surface area contributed by atoms with Gasteiger partial charge >= 0.3 is 0 Å². The Balaban J connectivity index is 2.06. The van der Waals surface area contributed by atoms with Crippen molar-refractivity contribution in [2.45, 2.75) is 12.8 Å². The monoisotopic (exact) mass is 175 g/mol. The average molecular weight is 175 g/mol. The second kappa shape index (κ2) is 3.60. The largest absolute Gasteiger partial charge is 0.315 e. The van der Waals surface area contributed by atoms with Crippen LogP contribution in [0.5, 0.6) is 0 Å². The minimum atomic E-state index is 0.741. The molecular weight excluding hydrogens is 162 g/mol. The fourth-order valence-corrected chi connectivity index (χ4v) is 1.41. The van der Waals surface area contributed by atoms with E-state index < -0.39 is 0 Å². The van der Waals surface area contributed by atoms with Gasteiger partial charge < -0.3 is 4.90 Å². The van der Waals surface area contributed by atoms with Crippen LogP contribution in [0.1, 0.15) is 12.8 Å². The Morgan fingerprint density at radius 1 is 1.31 bits per heavy atom. The number of amides is 1. The van der Waals surface area contributed by atoms with Gasteiger partial charge in [-0.05, 0) is 30.9 Å². The van der Waals surface area contributed by atoms with Crippen molar-refractivity contribution in [2.24, 2.45) is 5.92 Å². The molecule has 2 nitrogen and oxygen atoms in total. The first kappa shape index (κ1) is 8.30. The lowest BCUT2D eigenvalue weighted by Crippen LogP contribution is -2.23. The normalized spacial score (nSPS) is 15.4. The zero-order valence-corrected chi connectivity index (χ0v) is 7.52. The number of para-hydroxylation sites is 1. The van der Waals surface area contributed by atoms with Gasteiger partial charge in [-0.25, -0.2) is 0 Å². The summed E-state index contributed by atoms with van der Waals surface area (Å²) in [6.45, 7) is 0.882. The molecule has 1 aliphatic rings. The molecule has 1 aromatic rings. The van der Waals surface area contributed by atoms with Gasteiger partial charge in [-0.3, -0.25) is 4.79 Å². The van der Waals surface area contributed by atoms with Crippen molar-refractivity contribution in [1.82, 2.24) is 0 Å². The van der Waals surface area contributed by atoms with Crippen LogP contribution >= 0.6 is 0 Å². The Labute approximate surface area is 78.2 Å². The highest BCUT2D eigenvalue weighted by molar-refractivity contribution is 5.74. The molecule has 0 bridgehead atoms. The van der Waals surface area contributed by atoms with Crippen molar-refractivity contribution < 1.29 is 4.79 Å². The van der Waals surface area contributed by atoms with Crippen molar-refractivity contribution in [3.8, 4) is 0 Å². The molecule has 68 valence electrons. The molecule has 13 heavy (non-hydrogen) atoms. The average Bonchev–Trinajstić information content (AvgIpc) is 2.99. The van der Waals surface area contributed by atoms with Crippen molar-refractivity contribution in [2.75, 3.05) is 11.4 Å². The van der Waals surface area contributed by atoms with Crippen LogP contribution in [-0.2, 0) is 4.79 Å². The molecule has 1 saturated carbocycles. The van der Waals surface area contributed by atoms with Crippen LogP contribution in [-0.4, -0.2) is 13.0 Å². The van der Waals surface area contributed by atoms with Gasteiger partial charge in [0.25, 0.3) is 0 Å². The lowest BCUT2D eigenvalue weighted by Gasteiger charge is -2.16. The number of anilines is 1. The summed E-state index contributed by atoms with van der Waals surface area (Å²) >= 11 is 0. The Bertz CT molecular complexity index is 279. The first-order valence-corrected chi connectivity index (χ1v) is 4.67. The van der Waals surface area contributed by atoms with Gasteiger partial charge in [-0.2, -0.15) is 0 Å². The maximum atomic E-state index is 10.8. The maximum Gasteiger partial charge on any atom is 0.214 e. The van der Waals surface area contributed by atoms with Crippen molar-refractivity contribution in [3.05, 3.63) is 30.3 Å². The molecule has 1 aromatic carbocycles. The quantitative estimate of drug-likeness (QED) is 0.641. The van der Waals surface area contributed by atoms with Crippen LogP contribution in [0.4, 0.5) is 5.69 Å². The van der Waals surface area contributed by atoms with Crippen LogP contribution in [0.3, 0.4) is 0 Å². The third kappa shape index (κ3) is 2.08. The molecule has 1 amide bonds. The minimum absolute atomic E-state index is 0.741. The van der Waals surface area contributed by atoms with Crippen molar-refractivity contribution in [3.63, 3.8) is 0 Å². The highest BCUT2D eigenvalue weighted by Gasteiger charge is 2.24. The predicted octanol–water partition coefficient (Wildman–Crippen LogP) is 2.06. The number of benzene rings is 1. The summed E-state index contributed by atoms with van der Waals surface area (Å²) in [5, 5.41) is 0.